The molecule has 5 nitrogen and oxygen atoms in total. The van der Waals surface area contributed by atoms with E-state index in [4.69, 9.17) is 16.6 Å². The van der Waals surface area contributed by atoms with Gasteiger partial charge in [0.15, 0.2) is 5.65 Å². The largest absolute Gasteiger partial charge is 0.294 e. The maximum Gasteiger partial charge on any atom is 0.272 e. The molecule has 0 aliphatic heterocycles. The Bertz CT molecular complexity index is 1130. The molecule has 0 atom stereocenters. The first-order valence-corrected chi connectivity index (χ1v) is 9.64. The fourth-order valence-corrected chi connectivity index (χ4v) is 3.37. The van der Waals surface area contributed by atoms with E-state index in [1.54, 1.807) is 6.07 Å². The fourth-order valence-electron chi connectivity index (χ4n) is 3.25. The molecular formula is C22H21ClN4O. The van der Waals surface area contributed by atoms with E-state index in [2.05, 4.69) is 29.1 Å². The Balaban J connectivity index is 1.61. The van der Waals surface area contributed by atoms with Gasteiger partial charge in [-0.25, -0.2) is 9.50 Å². The van der Waals surface area contributed by atoms with Crippen molar-refractivity contribution in [2.24, 2.45) is 0 Å². The second kappa shape index (κ2) is 8.00. The van der Waals surface area contributed by atoms with Crippen molar-refractivity contribution in [3.8, 4) is 11.3 Å². The molecule has 0 aliphatic rings. The average molecular weight is 393 g/mol. The zero-order valence-electron chi connectivity index (χ0n) is 15.6. The molecule has 2 heterocycles. The molecule has 0 unspecified atom stereocenters. The van der Waals surface area contributed by atoms with Gasteiger partial charge in [-0.3, -0.25) is 14.8 Å². The highest BCUT2D eigenvalue weighted by Gasteiger charge is 2.11. The Kier molecular flexibility index (Phi) is 5.28. The Hall–Kier alpha value is -2.89. The number of nitrogens with one attached hydrogen (secondary N) is 1. The molecule has 6 heteroatoms. The smallest absolute Gasteiger partial charge is 0.272 e. The summed E-state index contributed by atoms with van der Waals surface area (Å²) >= 11 is 5.96. The summed E-state index contributed by atoms with van der Waals surface area (Å²) in [6.07, 6.45) is 0. The number of aromatic nitrogens is 3. The third-order valence-corrected chi connectivity index (χ3v) is 4.99. The average Bonchev–Trinajstić information content (AvgIpc) is 3.13. The van der Waals surface area contributed by atoms with Crippen LogP contribution in [0, 0.1) is 0 Å². The van der Waals surface area contributed by atoms with Crippen molar-refractivity contribution < 1.29 is 0 Å². The summed E-state index contributed by atoms with van der Waals surface area (Å²) in [6.45, 7) is 4.43. The van der Waals surface area contributed by atoms with Crippen LogP contribution in [0.4, 0.5) is 0 Å². The van der Waals surface area contributed by atoms with Gasteiger partial charge in [0.2, 0.25) is 0 Å². The Labute approximate surface area is 168 Å². The zero-order valence-corrected chi connectivity index (χ0v) is 16.4. The summed E-state index contributed by atoms with van der Waals surface area (Å²) in [6, 6.07) is 21.3. The van der Waals surface area contributed by atoms with Crippen LogP contribution in [0.25, 0.3) is 16.9 Å². The molecule has 0 aliphatic carbocycles. The minimum Gasteiger partial charge on any atom is -0.294 e. The van der Waals surface area contributed by atoms with Gasteiger partial charge in [0.05, 0.1) is 11.4 Å². The molecule has 0 bridgehead atoms. The Morgan fingerprint density at radius 3 is 2.50 bits per heavy atom. The lowest BCUT2D eigenvalue weighted by Gasteiger charge is -2.20. The number of nitrogens with zero attached hydrogens (tertiary/aromatic N) is 3. The van der Waals surface area contributed by atoms with Crippen LogP contribution in [0.1, 0.15) is 18.2 Å². The van der Waals surface area contributed by atoms with Gasteiger partial charge in [0, 0.05) is 30.2 Å². The normalized spacial score (nSPS) is 11.4. The predicted octanol–water partition coefficient (Wildman–Crippen LogP) is 4.37. The van der Waals surface area contributed by atoms with Crippen LogP contribution in [0.3, 0.4) is 0 Å². The molecule has 0 amide bonds. The lowest BCUT2D eigenvalue weighted by atomic mass is 10.1. The van der Waals surface area contributed by atoms with Crippen LogP contribution >= 0.6 is 11.6 Å². The van der Waals surface area contributed by atoms with Crippen LogP contribution in [-0.4, -0.2) is 26.0 Å². The lowest BCUT2D eigenvalue weighted by Crippen LogP contribution is -2.25. The monoisotopic (exact) mass is 392 g/mol. The molecule has 28 heavy (non-hydrogen) atoms. The molecule has 0 fully saturated rings. The molecular weight excluding hydrogens is 372 g/mol. The van der Waals surface area contributed by atoms with Crippen molar-refractivity contribution in [2.45, 2.75) is 20.0 Å². The van der Waals surface area contributed by atoms with Gasteiger partial charge in [-0.05, 0) is 29.8 Å². The fraction of sp³-hybridized carbons (Fsp3) is 0.182. The van der Waals surface area contributed by atoms with E-state index in [0.29, 0.717) is 17.2 Å². The van der Waals surface area contributed by atoms with Gasteiger partial charge in [-0.1, -0.05) is 61.0 Å². The summed E-state index contributed by atoms with van der Waals surface area (Å²) in [4.78, 5) is 19.5. The van der Waals surface area contributed by atoms with E-state index >= 15 is 0 Å². The molecule has 0 spiro atoms. The quantitative estimate of drug-likeness (QED) is 0.530. The maximum absolute atomic E-state index is 12.6. The molecule has 0 saturated carbocycles. The zero-order chi connectivity index (χ0) is 19.5. The van der Waals surface area contributed by atoms with Gasteiger partial charge in [0.25, 0.3) is 5.56 Å². The molecule has 142 valence electrons. The van der Waals surface area contributed by atoms with E-state index in [1.807, 2.05) is 48.5 Å². The number of halogens is 1. The minimum absolute atomic E-state index is 0.115. The van der Waals surface area contributed by atoms with Crippen molar-refractivity contribution in [3.63, 3.8) is 0 Å². The summed E-state index contributed by atoms with van der Waals surface area (Å²) < 4.78 is 1.47. The number of benzene rings is 2. The third-order valence-electron chi connectivity index (χ3n) is 4.74. The highest BCUT2D eigenvalue weighted by Crippen LogP contribution is 2.21. The standard InChI is InChI=1S/C22H21ClN4O/c1-2-26(14-16-6-4-3-5-7-16)15-19-12-22(28)27-21(24-19)13-20(25-27)17-8-10-18(23)11-9-17/h3-13,25H,2,14-15H2,1H3. The van der Waals surface area contributed by atoms with Crippen molar-refractivity contribution in [3.05, 3.63) is 93.4 Å². The van der Waals surface area contributed by atoms with E-state index in [-0.39, 0.29) is 5.56 Å². The molecule has 0 radical (unpaired) electrons. The lowest BCUT2D eigenvalue weighted by molar-refractivity contribution is 0.268. The predicted molar refractivity (Wildman–Crippen MR) is 112 cm³/mol. The Morgan fingerprint density at radius 2 is 1.79 bits per heavy atom. The summed E-state index contributed by atoms with van der Waals surface area (Å²) in [5.41, 5.74) is 4.29. The van der Waals surface area contributed by atoms with Crippen molar-refractivity contribution >= 4 is 17.2 Å². The highest BCUT2D eigenvalue weighted by molar-refractivity contribution is 6.30. The first kappa shape index (κ1) is 18.5. The minimum atomic E-state index is -0.115. The van der Waals surface area contributed by atoms with E-state index in [0.717, 1.165) is 30.0 Å². The van der Waals surface area contributed by atoms with Crippen LogP contribution in [-0.2, 0) is 13.1 Å². The highest BCUT2D eigenvalue weighted by atomic mass is 35.5. The van der Waals surface area contributed by atoms with Crippen molar-refractivity contribution in [1.82, 2.24) is 19.5 Å². The van der Waals surface area contributed by atoms with Gasteiger partial charge in [0.1, 0.15) is 0 Å². The number of hydrogen-bond donors (Lipinski definition) is 1. The van der Waals surface area contributed by atoms with Crippen molar-refractivity contribution in [2.75, 3.05) is 6.54 Å². The van der Waals surface area contributed by atoms with E-state index in [9.17, 15) is 4.79 Å². The third kappa shape index (κ3) is 4.01. The second-order valence-electron chi connectivity index (χ2n) is 6.74. The van der Waals surface area contributed by atoms with E-state index < -0.39 is 0 Å². The first-order chi connectivity index (χ1) is 13.6. The molecule has 2 aromatic heterocycles. The SMILES string of the molecule is CCN(Cc1ccccc1)Cc1cc(=O)n2[nH]c(-c3ccc(Cl)cc3)cc2n1. The molecule has 2 aromatic carbocycles. The number of fused-ring (bicyclic) bond motifs is 1. The van der Waals surface area contributed by atoms with Crippen LogP contribution in [0.15, 0.2) is 71.5 Å². The number of H-pyrrole nitrogens is 1. The second-order valence-corrected chi connectivity index (χ2v) is 7.18. The molecule has 1 N–H and O–H groups in total. The maximum atomic E-state index is 12.6. The van der Waals surface area contributed by atoms with Crippen molar-refractivity contribution in [1.29, 1.82) is 0 Å². The molecule has 4 rings (SSSR count). The first-order valence-electron chi connectivity index (χ1n) is 9.26. The van der Waals surface area contributed by atoms with E-state index in [1.165, 1.54) is 10.1 Å². The van der Waals surface area contributed by atoms with Gasteiger partial charge in [-0.15, -0.1) is 0 Å². The van der Waals surface area contributed by atoms with Gasteiger partial charge >= 0.3 is 0 Å². The number of aromatic amines is 1. The number of rotatable bonds is 6. The molecule has 4 aromatic rings. The topological polar surface area (TPSA) is 53.4 Å². The van der Waals surface area contributed by atoms with Gasteiger partial charge < -0.3 is 0 Å². The van der Waals surface area contributed by atoms with Crippen LogP contribution < -0.4 is 5.56 Å². The van der Waals surface area contributed by atoms with Crippen LogP contribution in [0.2, 0.25) is 5.02 Å². The summed E-state index contributed by atoms with van der Waals surface area (Å²) in [5, 5.41) is 3.80. The number of hydrogen-bond acceptors (Lipinski definition) is 3. The summed E-state index contributed by atoms with van der Waals surface area (Å²) in [5.74, 6) is 0. The molecule has 0 saturated heterocycles. The Morgan fingerprint density at radius 1 is 1.04 bits per heavy atom. The van der Waals surface area contributed by atoms with Gasteiger partial charge in [-0.2, -0.15) is 0 Å². The summed E-state index contributed by atoms with van der Waals surface area (Å²) in [7, 11) is 0. The van der Waals surface area contributed by atoms with Crippen LogP contribution in [0.5, 0.6) is 0 Å².